The number of hydrogen-bond acceptors (Lipinski definition) is 0. The van der Waals surface area contributed by atoms with Crippen LogP contribution >= 0.6 is 22.6 Å². The van der Waals surface area contributed by atoms with Crippen LogP contribution in [0.15, 0.2) is 0 Å². The van der Waals surface area contributed by atoms with Crippen LogP contribution in [0.25, 0.3) is 0 Å². The van der Waals surface area contributed by atoms with Gasteiger partial charge in [-0.15, -0.1) is 0 Å². The smallest absolute Gasteiger partial charge is 0.0135 e. The Morgan fingerprint density at radius 2 is 1.25 bits per heavy atom. The summed E-state index contributed by atoms with van der Waals surface area (Å²) in [4.78, 5) is 0. The molecule has 0 heterocycles. The van der Waals surface area contributed by atoms with Crippen LogP contribution in [0.5, 0.6) is 0 Å². The summed E-state index contributed by atoms with van der Waals surface area (Å²) in [6, 6.07) is 0. The summed E-state index contributed by atoms with van der Waals surface area (Å²) >= 11 is 2.67. The van der Waals surface area contributed by atoms with Crippen molar-refractivity contribution < 1.29 is 0 Å². The van der Waals surface area contributed by atoms with Crippen LogP contribution in [0.1, 0.15) is 59.3 Å². The van der Waals surface area contributed by atoms with Gasteiger partial charge in [0.15, 0.2) is 0 Å². The zero-order chi connectivity index (χ0) is 11.7. The molecule has 0 N–H and O–H groups in total. The molecule has 0 spiro atoms. The largest absolute Gasteiger partial charge is 0.0823 e. The van der Waals surface area contributed by atoms with E-state index in [1.165, 1.54) is 38.5 Å². The van der Waals surface area contributed by atoms with E-state index in [1.54, 1.807) is 0 Å². The average molecular weight is 334 g/mol. The summed E-state index contributed by atoms with van der Waals surface area (Å²) in [5.74, 6) is 5.06. The second kappa shape index (κ2) is 5.58. The zero-order valence-electron chi connectivity index (χ0n) is 11.1. The van der Waals surface area contributed by atoms with Crippen LogP contribution < -0.4 is 0 Å². The lowest BCUT2D eigenvalue weighted by atomic mass is 9.66. The minimum Gasteiger partial charge on any atom is -0.0823 e. The Labute approximate surface area is 115 Å². The Morgan fingerprint density at radius 3 is 1.81 bits per heavy atom. The van der Waals surface area contributed by atoms with Crippen LogP contribution in [0.4, 0.5) is 0 Å². The first kappa shape index (κ1) is 13.2. The molecule has 2 fully saturated rings. The Balaban J connectivity index is 1.88. The van der Waals surface area contributed by atoms with Crippen molar-refractivity contribution in [1.29, 1.82) is 0 Å². The maximum absolute atomic E-state index is 2.67. The van der Waals surface area contributed by atoms with Gasteiger partial charge in [0.2, 0.25) is 0 Å². The van der Waals surface area contributed by atoms with Crippen molar-refractivity contribution in [3.05, 3.63) is 0 Å². The molecule has 0 nitrogen and oxygen atoms in total. The van der Waals surface area contributed by atoms with Crippen molar-refractivity contribution in [2.24, 2.45) is 29.6 Å². The van der Waals surface area contributed by atoms with E-state index in [4.69, 9.17) is 0 Å². The molecule has 0 saturated heterocycles. The first-order chi connectivity index (χ1) is 7.58. The summed E-state index contributed by atoms with van der Waals surface area (Å²) in [6.45, 7) is 7.40. The van der Waals surface area contributed by atoms with Crippen LogP contribution in [0.3, 0.4) is 0 Å². The Hall–Kier alpha value is 0.730. The normalized spacial score (nSPS) is 50.2. The van der Waals surface area contributed by atoms with Gasteiger partial charge in [0.25, 0.3) is 0 Å². The molecular formula is C15H27I. The van der Waals surface area contributed by atoms with Crippen molar-refractivity contribution in [2.75, 3.05) is 0 Å². The summed E-state index contributed by atoms with van der Waals surface area (Å²) in [5, 5.41) is 0. The highest BCUT2D eigenvalue weighted by Gasteiger charge is 2.34. The quantitative estimate of drug-likeness (QED) is 0.451. The molecule has 16 heavy (non-hydrogen) atoms. The third-order valence-corrected chi connectivity index (χ3v) is 7.26. The lowest BCUT2D eigenvalue weighted by Gasteiger charge is -2.41. The van der Waals surface area contributed by atoms with Gasteiger partial charge in [0.1, 0.15) is 0 Å². The molecule has 2 saturated carbocycles. The second-order valence-electron chi connectivity index (χ2n) is 6.59. The Bertz CT molecular complexity index is 201. The fourth-order valence-electron chi connectivity index (χ4n) is 3.85. The number of hydrogen-bond donors (Lipinski definition) is 0. The van der Waals surface area contributed by atoms with E-state index in [0.717, 1.165) is 33.5 Å². The SMILES string of the molecule is CC1CCC(C2CCC(I)C(C)C2)CC1C. The second-order valence-corrected chi connectivity index (χ2v) is 8.19. The molecule has 0 bridgehead atoms. The van der Waals surface area contributed by atoms with Crippen molar-refractivity contribution in [1.82, 2.24) is 0 Å². The Morgan fingerprint density at radius 1 is 0.688 bits per heavy atom. The molecule has 6 unspecified atom stereocenters. The third kappa shape index (κ3) is 2.94. The van der Waals surface area contributed by atoms with Crippen LogP contribution in [0, 0.1) is 29.6 Å². The van der Waals surface area contributed by atoms with Gasteiger partial charge < -0.3 is 0 Å². The van der Waals surface area contributed by atoms with Crippen molar-refractivity contribution in [2.45, 2.75) is 63.2 Å². The molecule has 0 amide bonds. The average Bonchev–Trinajstić information content (AvgIpc) is 2.26. The van der Waals surface area contributed by atoms with E-state index in [2.05, 4.69) is 43.4 Å². The third-order valence-electron chi connectivity index (χ3n) is 5.41. The van der Waals surface area contributed by atoms with Gasteiger partial charge in [-0.3, -0.25) is 0 Å². The maximum Gasteiger partial charge on any atom is 0.0135 e. The summed E-state index contributed by atoms with van der Waals surface area (Å²) < 4.78 is 0.953. The lowest BCUT2D eigenvalue weighted by Crippen LogP contribution is -2.32. The summed E-state index contributed by atoms with van der Waals surface area (Å²) in [5.41, 5.74) is 0. The van der Waals surface area contributed by atoms with Gasteiger partial charge in [0, 0.05) is 3.92 Å². The number of rotatable bonds is 1. The molecule has 0 aromatic rings. The molecule has 2 aliphatic carbocycles. The fraction of sp³-hybridized carbons (Fsp3) is 1.00. The van der Waals surface area contributed by atoms with Crippen molar-refractivity contribution >= 4 is 22.6 Å². The van der Waals surface area contributed by atoms with Crippen LogP contribution in [-0.4, -0.2) is 3.92 Å². The first-order valence-corrected chi connectivity index (χ1v) is 8.46. The highest BCUT2D eigenvalue weighted by Crippen LogP contribution is 2.44. The minimum absolute atomic E-state index is 0.953. The Kier molecular flexibility index (Phi) is 4.59. The summed E-state index contributed by atoms with van der Waals surface area (Å²) in [6.07, 6.45) is 9.04. The lowest BCUT2D eigenvalue weighted by molar-refractivity contribution is 0.119. The van der Waals surface area contributed by atoms with Gasteiger partial charge in [-0.1, -0.05) is 49.8 Å². The van der Waals surface area contributed by atoms with Crippen LogP contribution in [-0.2, 0) is 0 Å². The summed E-state index contributed by atoms with van der Waals surface area (Å²) in [7, 11) is 0. The number of halogens is 1. The predicted octanol–water partition coefficient (Wildman–Crippen LogP) is 5.30. The van der Waals surface area contributed by atoms with Crippen molar-refractivity contribution in [3.63, 3.8) is 0 Å². The van der Waals surface area contributed by atoms with E-state index in [-0.39, 0.29) is 0 Å². The molecule has 1 heteroatoms. The van der Waals surface area contributed by atoms with Gasteiger partial charge in [-0.05, 0) is 61.7 Å². The van der Waals surface area contributed by atoms with E-state index in [9.17, 15) is 0 Å². The monoisotopic (exact) mass is 334 g/mol. The maximum atomic E-state index is 2.67. The highest BCUT2D eigenvalue weighted by molar-refractivity contribution is 14.1. The van der Waals surface area contributed by atoms with Gasteiger partial charge in [0.05, 0.1) is 0 Å². The molecule has 0 aromatic carbocycles. The standard InChI is InChI=1S/C15H27I/c1-10-4-5-13(8-11(10)2)14-6-7-15(16)12(3)9-14/h10-15H,4-9H2,1-3H3. The molecule has 0 radical (unpaired) electrons. The molecule has 2 aliphatic rings. The molecule has 94 valence electrons. The molecule has 0 aromatic heterocycles. The topological polar surface area (TPSA) is 0 Å². The van der Waals surface area contributed by atoms with Gasteiger partial charge >= 0.3 is 0 Å². The zero-order valence-corrected chi connectivity index (χ0v) is 13.2. The highest BCUT2D eigenvalue weighted by atomic mass is 127. The van der Waals surface area contributed by atoms with Crippen LogP contribution in [0.2, 0.25) is 0 Å². The van der Waals surface area contributed by atoms with E-state index in [1.807, 2.05) is 0 Å². The number of alkyl halides is 1. The van der Waals surface area contributed by atoms with Gasteiger partial charge in [-0.25, -0.2) is 0 Å². The van der Waals surface area contributed by atoms with Gasteiger partial charge in [-0.2, -0.15) is 0 Å². The predicted molar refractivity (Wildman–Crippen MR) is 80.0 cm³/mol. The molecule has 2 rings (SSSR count). The van der Waals surface area contributed by atoms with E-state index >= 15 is 0 Å². The first-order valence-electron chi connectivity index (χ1n) is 7.22. The minimum atomic E-state index is 0.953. The van der Waals surface area contributed by atoms with E-state index in [0.29, 0.717) is 0 Å². The molecule has 0 aliphatic heterocycles. The van der Waals surface area contributed by atoms with Crippen molar-refractivity contribution in [3.8, 4) is 0 Å². The fourth-order valence-corrected chi connectivity index (χ4v) is 4.50. The van der Waals surface area contributed by atoms with E-state index < -0.39 is 0 Å². The molecule has 6 atom stereocenters. The molecular weight excluding hydrogens is 307 g/mol.